The number of rotatable bonds is 11. The van der Waals surface area contributed by atoms with E-state index < -0.39 is 0 Å². The molecule has 1 aliphatic rings. The highest BCUT2D eigenvalue weighted by Gasteiger charge is 2.38. The molecule has 1 saturated heterocycles. The van der Waals surface area contributed by atoms with E-state index in [2.05, 4.69) is 19.2 Å². The van der Waals surface area contributed by atoms with Crippen LogP contribution < -0.4 is 5.32 Å². The molecule has 3 amide bonds. The topological polar surface area (TPSA) is 86.7 Å². The molecule has 6 nitrogen and oxygen atoms in total. The minimum atomic E-state index is -0.305. The number of likely N-dealkylation sites (tertiary alicyclic amines) is 1. The quantitative estimate of drug-likeness (QED) is 0.540. The Morgan fingerprint density at radius 1 is 1.36 bits per heavy atom. The number of carbonyl (C=O) groups excluding carboxylic acids is 3. The first-order valence-electron chi connectivity index (χ1n) is 9.12. The van der Waals surface area contributed by atoms with E-state index in [0.717, 1.165) is 18.6 Å². The van der Waals surface area contributed by atoms with Gasteiger partial charge < -0.3 is 10.4 Å². The van der Waals surface area contributed by atoms with E-state index in [9.17, 15) is 19.5 Å². The Morgan fingerprint density at radius 3 is 2.52 bits per heavy atom. The van der Waals surface area contributed by atoms with Crippen LogP contribution in [0.15, 0.2) is 0 Å². The van der Waals surface area contributed by atoms with Gasteiger partial charge in [-0.15, -0.1) is 11.8 Å². The zero-order valence-electron chi connectivity index (χ0n) is 15.8. The third-order valence-corrected chi connectivity index (χ3v) is 6.52. The van der Waals surface area contributed by atoms with E-state index in [1.165, 1.54) is 16.7 Å². The highest BCUT2D eigenvalue weighted by atomic mass is 32.2. The molecule has 1 atom stereocenters. The van der Waals surface area contributed by atoms with Crippen LogP contribution in [0.3, 0.4) is 0 Å². The van der Waals surface area contributed by atoms with E-state index in [1.807, 2.05) is 13.8 Å². The molecular formula is C18H32N2O4S. The van der Waals surface area contributed by atoms with Crippen molar-refractivity contribution in [3.8, 4) is 0 Å². The van der Waals surface area contributed by atoms with Crippen molar-refractivity contribution in [1.29, 1.82) is 0 Å². The number of carbonyl (C=O) groups is 3. The zero-order chi connectivity index (χ0) is 19.0. The van der Waals surface area contributed by atoms with Crippen molar-refractivity contribution in [2.24, 2.45) is 11.3 Å². The van der Waals surface area contributed by atoms with Crippen molar-refractivity contribution in [2.45, 2.75) is 58.6 Å². The number of amides is 3. The van der Waals surface area contributed by atoms with E-state index >= 15 is 0 Å². The minimum absolute atomic E-state index is 0.0259. The van der Waals surface area contributed by atoms with Gasteiger partial charge in [0.25, 0.3) is 0 Å². The van der Waals surface area contributed by atoms with Crippen LogP contribution in [0, 0.1) is 11.3 Å². The Balaban J connectivity index is 2.45. The SMILES string of the molecule is CCC(CC)(CO)CNC(=O)CCN1C(=O)CC(SCC(C)C)C1=O. The van der Waals surface area contributed by atoms with Gasteiger partial charge in [0, 0.05) is 31.3 Å². The second-order valence-electron chi connectivity index (χ2n) is 7.20. The predicted molar refractivity (Wildman–Crippen MR) is 100 cm³/mol. The van der Waals surface area contributed by atoms with Crippen molar-refractivity contribution in [2.75, 3.05) is 25.4 Å². The van der Waals surface area contributed by atoms with Gasteiger partial charge in [-0.25, -0.2) is 0 Å². The van der Waals surface area contributed by atoms with Gasteiger partial charge in [-0.2, -0.15) is 0 Å². The highest BCUT2D eigenvalue weighted by Crippen LogP contribution is 2.27. The maximum absolute atomic E-state index is 12.3. The summed E-state index contributed by atoms with van der Waals surface area (Å²) < 4.78 is 0. The molecule has 2 N–H and O–H groups in total. The van der Waals surface area contributed by atoms with Crippen molar-refractivity contribution < 1.29 is 19.5 Å². The van der Waals surface area contributed by atoms with Crippen molar-refractivity contribution in [3.05, 3.63) is 0 Å². The molecule has 1 rings (SSSR count). The molecular weight excluding hydrogens is 340 g/mol. The fourth-order valence-corrected chi connectivity index (χ4v) is 3.84. The van der Waals surface area contributed by atoms with Gasteiger partial charge >= 0.3 is 0 Å². The Bertz CT molecular complexity index is 469. The lowest BCUT2D eigenvalue weighted by atomic mass is 9.83. The summed E-state index contributed by atoms with van der Waals surface area (Å²) in [5, 5.41) is 12.1. The van der Waals surface area contributed by atoms with E-state index in [4.69, 9.17) is 0 Å². The van der Waals surface area contributed by atoms with Crippen LogP contribution in [0.25, 0.3) is 0 Å². The molecule has 0 bridgehead atoms. The number of hydrogen-bond donors (Lipinski definition) is 2. The summed E-state index contributed by atoms with van der Waals surface area (Å²) >= 11 is 1.52. The van der Waals surface area contributed by atoms with Gasteiger partial charge in [-0.1, -0.05) is 27.7 Å². The molecule has 0 spiro atoms. The number of imide groups is 1. The molecule has 1 heterocycles. The van der Waals surface area contributed by atoms with Gasteiger partial charge in [0.15, 0.2) is 0 Å². The van der Waals surface area contributed by atoms with Gasteiger partial charge in [0.2, 0.25) is 17.7 Å². The predicted octanol–water partition coefficient (Wildman–Crippen LogP) is 1.81. The summed E-state index contributed by atoms with van der Waals surface area (Å²) in [6, 6.07) is 0. The first-order chi connectivity index (χ1) is 11.8. The van der Waals surface area contributed by atoms with Gasteiger partial charge in [0.1, 0.15) is 0 Å². The molecule has 0 aromatic heterocycles. The highest BCUT2D eigenvalue weighted by molar-refractivity contribution is 8.00. The average Bonchev–Trinajstić information content (AvgIpc) is 2.86. The lowest BCUT2D eigenvalue weighted by Gasteiger charge is -2.29. The smallest absolute Gasteiger partial charge is 0.242 e. The summed E-state index contributed by atoms with van der Waals surface area (Å²) in [5.74, 6) is 0.756. The molecule has 0 aromatic carbocycles. The Hall–Kier alpha value is -1.08. The molecule has 0 aromatic rings. The van der Waals surface area contributed by atoms with E-state index in [-0.39, 0.29) is 54.4 Å². The molecule has 144 valence electrons. The van der Waals surface area contributed by atoms with Gasteiger partial charge in [0.05, 0.1) is 11.9 Å². The average molecular weight is 373 g/mol. The molecule has 0 saturated carbocycles. The number of aliphatic hydroxyl groups is 1. The summed E-state index contributed by atoms with van der Waals surface area (Å²) in [4.78, 5) is 37.6. The van der Waals surface area contributed by atoms with E-state index in [0.29, 0.717) is 12.5 Å². The maximum atomic E-state index is 12.3. The first kappa shape index (κ1) is 22.0. The first-order valence-corrected chi connectivity index (χ1v) is 10.2. The number of nitrogens with one attached hydrogen (secondary N) is 1. The van der Waals surface area contributed by atoms with Crippen molar-refractivity contribution >= 4 is 29.5 Å². The lowest BCUT2D eigenvalue weighted by molar-refractivity contribution is -0.138. The van der Waals surface area contributed by atoms with Crippen molar-refractivity contribution in [3.63, 3.8) is 0 Å². The second-order valence-corrected chi connectivity index (χ2v) is 8.43. The van der Waals surface area contributed by atoms with Gasteiger partial charge in [-0.3, -0.25) is 19.3 Å². The fraction of sp³-hybridized carbons (Fsp3) is 0.833. The molecule has 1 unspecified atom stereocenters. The van der Waals surface area contributed by atoms with Crippen LogP contribution in [0.4, 0.5) is 0 Å². The Kier molecular flexibility index (Phi) is 8.93. The summed E-state index contributed by atoms with van der Waals surface area (Å²) in [6.07, 6.45) is 1.89. The normalized spacial score (nSPS) is 18.3. The summed E-state index contributed by atoms with van der Waals surface area (Å²) in [6.45, 7) is 8.70. The Labute approximate surface area is 155 Å². The van der Waals surface area contributed by atoms with Crippen LogP contribution >= 0.6 is 11.8 Å². The third-order valence-electron chi connectivity index (χ3n) is 4.89. The van der Waals surface area contributed by atoms with Crippen LogP contribution in [-0.4, -0.2) is 58.4 Å². The Morgan fingerprint density at radius 2 is 2.00 bits per heavy atom. The van der Waals surface area contributed by atoms with E-state index in [1.54, 1.807) is 0 Å². The van der Waals surface area contributed by atoms with Crippen molar-refractivity contribution in [1.82, 2.24) is 10.2 Å². The van der Waals surface area contributed by atoms with Crippen LogP contribution in [0.1, 0.15) is 53.4 Å². The van der Waals surface area contributed by atoms with Gasteiger partial charge in [-0.05, 0) is 24.5 Å². The number of thioether (sulfide) groups is 1. The summed E-state index contributed by atoms with van der Waals surface area (Å²) in [5.41, 5.74) is -0.298. The molecule has 0 aliphatic carbocycles. The summed E-state index contributed by atoms with van der Waals surface area (Å²) in [7, 11) is 0. The molecule has 7 heteroatoms. The number of aliphatic hydroxyl groups excluding tert-OH is 1. The molecule has 1 aliphatic heterocycles. The lowest BCUT2D eigenvalue weighted by Crippen LogP contribution is -2.41. The number of nitrogens with zero attached hydrogens (tertiary/aromatic N) is 1. The standard InChI is InChI=1S/C18H32N2O4S/c1-5-18(6-2,12-21)11-19-15(22)7-8-20-16(23)9-14(17(20)24)25-10-13(3)4/h13-14,21H,5-12H2,1-4H3,(H,19,22). The largest absolute Gasteiger partial charge is 0.396 e. The van der Waals surface area contributed by atoms with Crippen LogP contribution in [-0.2, 0) is 14.4 Å². The zero-order valence-corrected chi connectivity index (χ0v) is 16.7. The second kappa shape index (κ2) is 10.2. The van der Waals surface area contributed by atoms with Crippen LogP contribution in [0.2, 0.25) is 0 Å². The molecule has 1 fully saturated rings. The third kappa shape index (κ3) is 6.29. The fourth-order valence-electron chi connectivity index (χ4n) is 2.69. The van der Waals surface area contributed by atoms with Crippen LogP contribution in [0.5, 0.6) is 0 Å². The molecule has 0 radical (unpaired) electrons. The minimum Gasteiger partial charge on any atom is -0.396 e. The number of hydrogen-bond acceptors (Lipinski definition) is 5. The maximum Gasteiger partial charge on any atom is 0.242 e. The monoisotopic (exact) mass is 372 g/mol. The molecule has 25 heavy (non-hydrogen) atoms.